The number of hydrogen-bond acceptors (Lipinski definition) is 5. The van der Waals surface area contributed by atoms with E-state index in [1.807, 2.05) is 36.7 Å². The predicted octanol–water partition coefficient (Wildman–Crippen LogP) is 3.83. The Morgan fingerprint density at radius 3 is 2.79 bits per heavy atom. The summed E-state index contributed by atoms with van der Waals surface area (Å²) in [7, 11) is 0. The van der Waals surface area contributed by atoms with Crippen molar-refractivity contribution in [3.05, 3.63) is 60.7 Å². The van der Waals surface area contributed by atoms with Crippen molar-refractivity contribution in [3.8, 4) is 11.1 Å². The van der Waals surface area contributed by atoms with Gasteiger partial charge in [0.05, 0.1) is 5.52 Å². The van der Waals surface area contributed by atoms with Gasteiger partial charge >= 0.3 is 0 Å². The lowest BCUT2D eigenvalue weighted by molar-refractivity contribution is 0.287. The van der Waals surface area contributed by atoms with Gasteiger partial charge in [-0.25, -0.2) is 9.97 Å². The van der Waals surface area contributed by atoms with Gasteiger partial charge in [0.2, 0.25) is 0 Å². The minimum atomic E-state index is 0.133. The number of imidazole rings is 1. The number of nitrogens with two attached hydrogens (primary N) is 1. The third-order valence-corrected chi connectivity index (χ3v) is 5.05. The quantitative estimate of drug-likeness (QED) is 0.447. The summed E-state index contributed by atoms with van der Waals surface area (Å²) in [5, 5.41) is 12.3. The molecule has 4 N–H and O–H groups in total. The summed E-state index contributed by atoms with van der Waals surface area (Å²) in [4.78, 5) is 16.9. The van der Waals surface area contributed by atoms with Crippen LogP contribution in [-0.2, 0) is 6.42 Å². The maximum Gasteiger partial charge on any atom is 0.150 e. The van der Waals surface area contributed by atoms with Crippen LogP contribution in [0.2, 0.25) is 0 Å². The molecule has 28 heavy (non-hydrogen) atoms. The molecule has 0 fully saturated rings. The van der Waals surface area contributed by atoms with Gasteiger partial charge < -0.3 is 15.8 Å². The Balaban J connectivity index is 1.70. The number of aromatic amines is 1. The van der Waals surface area contributed by atoms with E-state index in [2.05, 4.69) is 33.2 Å². The molecule has 0 atom stereocenters. The molecule has 0 spiro atoms. The smallest absolute Gasteiger partial charge is 0.150 e. The molecule has 0 saturated heterocycles. The van der Waals surface area contributed by atoms with Crippen LogP contribution < -0.4 is 5.73 Å². The Morgan fingerprint density at radius 2 is 1.89 bits per heavy atom. The molecule has 0 unspecified atom stereocenters. The second-order valence-electron chi connectivity index (χ2n) is 6.87. The van der Waals surface area contributed by atoms with E-state index in [-0.39, 0.29) is 6.61 Å². The number of aryl methyl sites for hydroxylation is 1. The number of benzene rings is 2. The van der Waals surface area contributed by atoms with E-state index in [1.54, 1.807) is 0 Å². The van der Waals surface area contributed by atoms with Gasteiger partial charge in [-0.2, -0.15) is 0 Å². The average Bonchev–Trinajstić information content (AvgIpc) is 3.16. The normalized spacial score (nSPS) is 11.6. The third-order valence-electron chi connectivity index (χ3n) is 5.05. The third kappa shape index (κ3) is 2.66. The van der Waals surface area contributed by atoms with Crippen LogP contribution in [-0.4, -0.2) is 31.6 Å². The maximum atomic E-state index is 9.06. The molecule has 0 aliphatic heterocycles. The second kappa shape index (κ2) is 6.58. The first kappa shape index (κ1) is 16.6. The van der Waals surface area contributed by atoms with Gasteiger partial charge in [-0.3, -0.25) is 4.98 Å². The van der Waals surface area contributed by atoms with Crippen LogP contribution in [0.5, 0.6) is 0 Å². The SMILES string of the molecule is Nc1nc2cc(-c3cncc4ccccc34)ccc2c2nc(CCCO)[nH]c12. The molecule has 3 heterocycles. The summed E-state index contributed by atoms with van der Waals surface area (Å²) in [6.07, 6.45) is 5.08. The fraction of sp³-hybridized carbons (Fsp3) is 0.136. The zero-order valence-electron chi connectivity index (χ0n) is 15.2. The highest BCUT2D eigenvalue weighted by Gasteiger charge is 2.13. The zero-order chi connectivity index (χ0) is 19.1. The van der Waals surface area contributed by atoms with Crippen molar-refractivity contribution >= 4 is 38.5 Å². The number of hydrogen-bond donors (Lipinski definition) is 3. The van der Waals surface area contributed by atoms with Crippen molar-refractivity contribution in [3.63, 3.8) is 0 Å². The first-order valence-corrected chi connectivity index (χ1v) is 9.26. The number of nitrogen functional groups attached to an aromatic ring is 1. The number of anilines is 1. The van der Waals surface area contributed by atoms with Gasteiger partial charge in [0.15, 0.2) is 0 Å². The highest BCUT2D eigenvalue weighted by molar-refractivity contribution is 6.08. The Bertz CT molecular complexity index is 1320. The summed E-state index contributed by atoms with van der Waals surface area (Å²) < 4.78 is 0. The minimum absolute atomic E-state index is 0.133. The van der Waals surface area contributed by atoms with E-state index in [1.165, 1.54) is 0 Å². The number of aliphatic hydroxyl groups excluding tert-OH is 1. The Labute approximate surface area is 161 Å². The number of aliphatic hydroxyl groups is 1. The molecular formula is C22H19N5O. The molecule has 0 bridgehead atoms. The van der Waals surface area contributed by atoms with E-state index in [0.29, 0.717) is 18.7 Å². The molecular weight excluding hydrogens is 350 g/mol. The molecule has 6 heteroatoms. The van der Waals surface area contributed by atoms with Crippen molar-refractivity contribution < 1.29 is 5.11 Å². The molecule has 0 aliphatic carbocycles. The van der Waals surface area contributed by atoms with Crippen molar-refractivity contribution in [2.24, 2.45) is 0 Å². The largest absolute Gasteiger partial charge is 0.396 e. The standard InChI is InChI=1S/C22H19N5O/c23-22-21-20(26-19(27-21)6-3-9-28)16-8-7-13(10-18(16)25-22)17-12-24-11-14-4-1-2-5-15(14)17/h1-2,4-5,7-8,10-12,28H,3,6,9H2,(H2,23,25)(H,26,27). The Hall–Kier alpha value is -3.51. The Morgan fingerprint density at radius 1 is 1.00 bits per heavy atom. The molecule has 5 aromatic rings. The molecule has 138 valence electrons. The number of fused-ring (bicyclic) bond motifs is 4. The fourth-order valence-electron chi connectivity index (χ4n) is 3.69. The van der Waals surface area contributed by atoms with Crippen LogP contribution in [0.15, 0.2) is 54.9 Å². The first-order valence-electron chi connectivity index (χ1n) is 9.26. The van der Waals surface area contributed by atoms with Gasteiger partial charge in [-0.1, -0.05) is 30.3 Å². The van der Waals surface area contributed by atoms with Crippen LogP contribution in [0.4, 0.5) is 5.82 Å². The highest BCUT2D eigenvalue weighted by atomic mass is 16.2. The monoisotopic (exact) mass is 369 g/mol. The fourth-order valence-corrected chi connectivity index (χ4v) is 3.69. The number of nitrogens with zero attached hydrogens (tertiary/aromatic N) is 3. The van der Waals surface area contributed by atoms with Gasteiger partial charge in [0, 0.05) is 41.8 Å². The lowest BCUT2D eigenvalue weighted by Gasteiger charge is -2.08. The van der Waals surface area contributed by atoms with Gasteiger partial charge in [-0.15, -0.1) is 0 Å². The molecule has 6 nitrogen and oxygen atoms in total. The minimum Gasteiger partial charge on any atom is -0.396 e. The van der Waals surface area contributed by atoms with E-state index < -0.39 is 0 Å². The van der Waals surface area contributed by atoms with E-state index >= 15 is 0 Å². The van der Waals surface area contributed by atoms with Gasteiger partial charge in [0.1, 0.15) is 22.7 Å². The Kier molecular flexibility index (Phi) is 3.91. The van der Waals surface area contributed by atoms with Crippen LogP contribution in [0.25, 0.3) is 43.8 Å². The topological polar surface area (TPSA) is 101 Å². The molecule has 0 aliphatic rings. The maximum absolute atomic E-state index is 9.06. The molecule has 0 saturated carbocycles. The number of aromatic nitrogens is 4. The number of pyridine rings is 2. The van der Waals surface area contributed by atoms with Crippen LogP contribution in [0, 0.1) is 0 Å². The zero-order valence-corrected chi connectivity index (χ0v) is 15.2. The van der Waals surface area contributed by atoms with Crippen LogP contribution >= 0.6 is 0 Å². The number of rotatable bonds is 4. The highest BCUT2D eigenvalue weighted by Crippen LogP contribution is 2.32. The predicted molar refractivity (Wildman–Crippen MR) is 112 cm³/mol. The summed E-state index contributed by atoms with van der Waals surface area (Å²) in [5.74, 6) is 1.24. The molecule has 5 rings (SSSR count). The molecule has 3 aromatic heterocycles. The summed E-state index contributed by atoms with van der Waals surface area (Å²) >= 11 is 0. The molecule has 0 amide bonds. The van der Waals surface area contributed by atoms with Crippen LogP contribution in [0.3, 0.4) is 0 Å². The van der Waals surface area contributed by atoms with Crippen molar-refractivity contribution in [1.82, 2.24) is 19.9 Å². The lowest BCUT2D eigenvalue weighted by Crippen LogP contribution is -1.94. The van der Waals surface area contributed by atoms with E-state index in [4.69, 9.17) is 15.8 Å². The molecule has 2 aromatic carbocycles. The summed E-state index contributed by atoms with van der Waals surface area (Å²) in [5.41, 5.74) is 10.7. The summed E-state index contributed by atoms with van der Waals surface area (Å²) in [6, 6.07) is 14.4. The first-order chi connectivity index (χ1) is 13.7. The molecule has 0 radical (unpaired) electrons. The van der Waals surface area contributed by atoms with E-state index in [0.717, 1.165) is 49.7 Å². The number of nitrogens with one attached hydrogen (secondary N) is 1. The lowest BCUT2D eigenvalue weighted by atomic mass is 9.99. The van der Waals surface area contributed by atoms with Crippen molar-refractivity contribution in [2.75, 3.05) is 12.3 Å². The van der Waals surface area contributed by atoms with Crippen molar-refractivity contribution in [2.45, 2.75) is 12.8 Å². The van der Waals surface area contributed by atoms with Gasteiger partial charge in [0.25, 0.3) is 0 Å². The van der Waals surface area contributed by atoms with E-state index in [9.17, 15) is 0 Å². The second-order valence-corrected chi connectivity index (χ2v) is 6.87. The average molecular weight is 369 g/mol. The summed E-state index contributed by atoms with van der Waals surface area (Å²) in [6.45, 7) is 0.133. The van der Waals surface area contributed by atoms with Crippen molar-refractivity contribution in [1.29, 1.82) is 0 Å². The van der Waals surface area contributed by atoms with Crippen LogP contribution in [0.1, 0.15) is 12.2 Å². The number of H-pyrrole nitrogens is 1. The van der Waals surface area contributed by atoms with Gasteiger partial charge in [-0.05, 0) is 29.5 Å².